The standard InChI is InChI=1S/C18H14N4O4/c19-21-18(23)15-11-12(20-16-8-4-3-7-14(15)16)5-1-2-6-13-9-10-17(26-13)22(24)25/h1-11H,19H2,(H,21,23)/b5-1+,6-2+. The van der Waals surface area contributed by atoms with Crippen LogP contribution in [0.15, 0.2) is 59.0 Å². The first-order chi connectivity index (χ1) is 12.6. The van der Waals surface area contributed by atoms with E-state index in [1.807, 2.05) is 12.1 Å². The Balaban J connectivity index is 1.85. The number of nitrogens with zero attached hydrogens (tertiary/aromatic N) is 2. The van der Waals surface area contributed by atoms with Crippen LogP contribution in [0.3, 0.4) is 0 Å². The molecule has 0 saturated heterocycles. The van der Waals surface area contributed by atoms with Crippen molar-refractivity contribution in [2.24, 2.45) is 5.84 Å². The molecule has 0 fully saturated rings. The van der Waals surface area contributed by atoms with Gasteiger partial charge in [-0.15, -0.1) is 0 Å². The number of hydrogen-bond acceptors (Lipinski definition) is 6. The van der Waals surface area contributed by atoms with Crippen molar-refractivity contribution in [3.8, 4) is 0 Å². The zero-order valence-corrected chi connectivity index (χ0v) is 13.5. The van der Waals surface area contributed by atoms with Gasteiger partial charge >= 0.3 is 5.88 Å². The Hall–Kier alpha value is -3.78. The van der Waals surface area contributed by atoms with Gasteiger partial charge in [0.1, 0.15) is 10.7 Å². The molecule has 3 N–H and O–H groups in total. The fourth-order valence-electron chi connectivity index (χ4n) is 2.38. The van der Waals surface area contributed by atoms with Gasteiger partial charge in [0.25, 0.3) is 5.91 Å². The lowest BCUT2D eigenvalue weighted by molar-refractivity contribution is -0.402. The third-order valence-electron chi connectivity index (χ3n) is 3.54. The topological polar surface area (TPSA) is 124 Å². The van der Waals surface area contributed by atoms with Gasteiger partial charge in [-0.2, -0.15) is 0 Å². The van der Waals surface area contributed by atoms with Crippen molar-refractivity contribution in [2.45, 2.75) is 0 Å². The Labute approximate surface area is 147 Å². The summed E-state index contributed by atoms with van der Waals surface area (Å²) in [7, 11) is 0. The lowest BCUT2D eigenvalue weighted by Crippen LogP contribution is -2.30. The number of aromatic nitrogens is 1. The van der Waals surface area contributed by atoms with Crippen LogP contribution in [0.5, 0.6) is 0 Å². The number of hydrogen-bond donors (Lipinski definition) is 2. The van der Waals surface area contributed by atoms with Crippen LogP contribution in [-0.2, 0) is 0 Å². The number of allylic oxidation sites excluding steroid dienone is 2. The van der Waals surface area contributed by atoms with E-state index in [-0.39, 0.29) is 5.88 Å². The van der Waals surface area contributed by atoms with E-state index < -0.39 is 10.8 Å². The summed E-state index contributed by atoms with van der Waals surface area (Å²) in [6, 6.07) is 11.7. The van der Waals surface area contributed by atoms with Gasteiger partial charge in [0.2, 0.25) is 0 Å². The number of nitrogens with one attached hydrogen (secondary N) is 1. The average molecular weight is 350 g/mol. The smallest absolute Gasteiger partial charge is 0.401 e. The highest BCUT2D eigenvalue weighted by molar-refractivity contribution is 6.06. The molecule has 26 heavy (non-hydrogen) atoms. The van der Waals surface area contributed by atoms with Crippen LogP contribution >= 0.6 is 0 Å². The molecule has 0 saturated carbocycles. The van der Waals surface area contributed by atoms with Crippen molar-refractivity contribution in [2.75, 3.05) is 0 Å². The quantitative estimate of drug-likeness (QED) is 0.239. The molecule has 2 aromatic heterocycles. The number of nitrogen functional groups attached to an aromatic ring is 1. The number of nitro groups is 1. The van der Waals surface area contributed by atoms with Gasteiger partial charge in [-0.25, -0.2) is 10.8 Å². The summed E-state index contributed by atoms with van der Waals surface area (Å²) in [4.78, 5) is 26.4. The fourth-order valence-corrected chi connectivity index (χ4v) is 2.38. The van der Waals surface area contributed by atoms with Crippen LogP contribution in [0, 0.1) is 10.1 Å². The van der Waals surface area contributed by atoms with E-state index in [1.165, 1.54) is 12.1 Å². The summed E-state index contributed by atoms with van der Waals surface area (Å²) in [6.07, 6.45) is 6.63. The maximum absolute atomic E-state index is 12.0. The minimum atomic E-state index is -0.601. The van der Waals surface area contributed by atoms with Gasteiger partial charge in [0.15, 0.2) is 0 Å². The van der Waals surface area contributed by atoms with E-state index in [0.717, 1.165) is 0 Å². The minimum Gasteiger partial charge on any atom is -0.401 e. The summed E-state index contributed by atoms with van der Waals surface area (Å²) >= 11 is 0. The number of carbonyl (C=O) groups is 1. The number of carbonyl (C=O) groups excluding carboxylic acids is 1. The molecule has 0 bridgehead atoms. The summed E-state index contributed by atoms with van der Waals surface area (Å²) in [5.41, 5.74) is 3.78. The summed E-state index contributed by atoms with van der Waals surface area (Å²) in [6.45, 7) is 0. The van der Waals surface area contributed by atoms with Crippen molar-refractivity contribution in [3.63, 3.8) is 0 Å². The predicted octanol–water partition coefficient (Wildman–Crippen LogP) is 3.07. The van der Waals surface area contributed by atoms with Crippen LogP contribution < -0.4 is 11.3 Å². The average Bonchev–Trinajstić information content (AvgIpc) is 3.13. The SMILES string of the molecule is NNC(=O)c1cc(/C=C/C=C/c2ccc([N+](=O)[O-])o2)nc2ccccc12. The van der Waals surface area contributed by atoms with Crippen LogP contribution in [0.25, 0.3) is 23.1 Å². The van der Waals surface area contributed by atoms with Gasteiger partial charge in [-0.1, -0.05) is 30.4 Å². The van der Waals surface area contributed by atoms with Crippen LogP contribution in [0.1, 0.15) is 21.8 Å². The molecule has 8 nitrogen and oxygen atoms in total. The highest BCUT2D eigenvalue weighted by Crippen LogP contribution is 2.19. The molecule has 0 unspecified atom stereocenters. The highest BCUT2D eigenvalue weighted by Gasteiger charge is 2.11. The van der Waals surface area contributed by atoms with Crippen LogP contribution in [0.4, 0.5) is 5.88 Å². The van der Waals surface area contributed by atoms with Gasteiger partial charge in [0.05, 0.1) is 22.8 Å². The van der Waals surface area contributed by atoms with E-state index in [4.69, 9.17) is 10.3 Å². The van der Waals surface area contributed by atoms with Gasteiger partial charge in [-0.3, -0.25) is 20.3 Å². The van der Waals surface area contributed by atoms with Crippen LogP contribution in [0.2, 0.25) is 0 Å². The second-order valence-electron chi connectivity index (χ2n) is 5.24. The summed E-state index contributed by atoms with van der Waals surface area (Å²) < 4.78 is 5.02. The van der Waals surface area contributed by atoms with Crippen molar-refractivity contribution in [1.82, 2.24) is 10.4 Å². The number of rotatable bonds is 5. The molecular formula is C18H14N4O4. The van der Waals surface area contributed by atoms with E-state index >= 15 is 0 Å². The zero-order valence-electron chi connectivity index (χ0n) is 13.5. The first-order valence-electron chi connectivity index (χ1n) is 7.58. The van der Waals surface area contributed by atoms with E-state index in [1.54, 1.807) is 42.5 Å². The number of furan rings is 1. The number of pyridine rings is 1. The maximum atomic E-state index is 12.0. The number of amides is 1. The van der Waals surface area contributed by atoms with Crippen molar-refractivity contribution >= 4 is 34.8 Å². The first kappa shape index (κ1) is 17.1. The molecular weight excluding hydrogens is 336 g/mol. The number of para-hydroxylation sites is 1. The normalized spacial score (nSPS) is 11.4. The molecule has 0 aliphatic heterocycles. The lowest BCUT2D eigenvalue weighted by atomic mass is 10.1. The Morgan fingerprint density at radius 2 is 1.96 bits per heavy atom. The van der Waals surface area contributed by atoms with E-state index in [0.29, 0.717) is 27.9 Å². The summed E-state index contributed by atoms with van der Waals surface area (Å²) in [5, 5.41) is 11.3. The molecule has 0 aliphatic rings. The van der Waals surface area contributed by atoms with Gasteiger partial charge in [0, 0.05) is 5.39 Å². The Bertz CT molecular complexity index is 1040. The van der Waals surface area contributed by atoms with E-state index in [9.17, 15) is 14.9 Å². The Kier molecular flexibility index (Phi) is 4.86. The Morgan fingerprint density at radius 3 is 2.69 bits per heavy atom. The first-order valence-corrected chi connectivity index (χ1v) is 7.58. The lowest BCUT2D eigenvalue weighted by Gasteiger charge is -2.06. The molecule has 2 heterocycles. The third-order valence-corrected chi connectivity index (χ3v) is 3.54. The molecule has 3 aromatic rings. The Morgan fingerprint density at radius 1 is 1.19 bits per heavy atom. The second-order valence-corrected chi connectivity index (χ2v) is 5.24. The van der Waals surface area contributed by atoms with Crippen molar-refractivity contribution in [3.05, 3.63) is 81.7 Å². The monoisotopic (exact) mass is 350 g/mol. The van der Waals surface area contributed by atoms with Crippen LogP contribution in [-0.4, -0.2) is 15.8 Å². The fraction of sp³-hybridized carbons (Fsp3) is 0. The molecule has 1 amide bonds. The summed E-state index contributed by atoms with van der Waals surface area (Å²) in [5.74, 6) is 4.88. The van der Waals surface area contributed by atoms with Crippen molar-refractivity contribution in [1.29, 1.82) is 0 Å². The minimum absolute atomic E-state index is 0.317. The molecule has 130 valence electrons. The largest absolute Gasteiger partial charge is 0.433 e. The second kappa shape index (κ2) is 7.41. The van der Waals surface area contributed by atoms with Crippen molar-refractivity contribution < 1.29 is 14.1 Å². The maximum Gasteiger partial charge on any atom is 0.433 e. The van der Waals surface area contributed by atoms with Gasteiger partial charge < -0.3 is 4.42 Å². The predicted molar refractivity (Wildman–Crippen MR) is 96.8 cm³/mol. The molecule has 8 heteroatoms. The number of fused-ring (bicyclic) bond motifs is 1. The molecule has 0 radical (unpaired) electrons. The van der Waals surface area contributed by atoms with E-state index in [2.05, 4.69) is 10.4 Å². The molecule has 0 aliphatic carbocycles. The zero-order chi connectivity index (χ0) is 18.5. The third kappa shape index (κ3) is 3.65. The van der Waals surface area contributed by atoms with Gasteiger partial charge in [-0.05, 0) is 30.4 Å². The molecule has 3 rings (SSSR count). The molecule has 0 atom stereocenters. The highest BCUT2D eigenvalue weighted by atomic mass is 16.6. The molecule has 1 aromatic carbocycles. The number of hydrazine groups is 1. The molecule has 0 spiro atoms. The number of benzene rings is 1. The number of nitrogens with two attached hydrogens (primary N) is 1.